The molecule has 0 spiro atoms. The summed E-state index contributed by atoms with van der Waals surface area (Å²) in [6.07, 6.45) is 1.92. The van der Waals surface area contributed by atoms with Crippen LogP contribution in [0.15, 0.2) is 0 Å². The van der Waals surface area contributed by atoms with Gasteiger partial charge in [-0.1, -0.05) is 0 Å². The number of sulfonamides is 2. The molecule has 2 N–H and O–H groups in total. The van der Waals surface area contributed by atoms with Crippen LogP contribution in [0.1, 0.15) is 60.8 Å². The van der Waals surface area contributed by atoms with E-state index in [0.29, 0.717) is 19.6 Å². The molecule has 0 bridgehead atoms. The van der Waals surface area contributed by atoms with E-state index in [1.165, 1.54) is 0 Å². The normalized spacial score (nSPS) is 24.0. The summed E-state index contributed by atoms with van der Waals surface area (Å²) < 4.78 is 77.9. The average Bonchev–Trinajstić information content (AvgIpc) is 2.84. The standard InChI is InChI=1S/C9H19NO3S.C8H17NO4S2/c1-9(2,3)14(11,12)10-8-4-6-13-7-5-8;1-8(2,3)15(12,13)9-7-4-5-14(10,11)6-7/h8,10H,4-7H2,1-3H3;7,9H,4-6H2,1-3H3. The predicted molar refractivity (Wildman–Crippen MR) is 115 cm³/mol. The third-order valence-electron chi connectivity index (χ3n) is 4.71. The molecular formula is C17H36N2O7S3. The van der Waals surface area contributed by atoms with Crippen LogP contribution in [-0.4, -0.2) is 71.6 Å². The maximum Gasteiger partial charge on any atom is 0.216 e. The maximum atomic E-state index is 11.8. The highest BCUT2D eigenvalue weighted by molar-refractivity contribution is 7.92. The molecule has 29 heavy (non-hydrogen) atoms. The summed E-state index contributed by atoms with van der Waals surface area (Å²) in [5, 5.41) is 0. The van der Waals surface area contributed by atoms with Crippen LogP contribution in [0.25, 0.3) is 0 Å². The van der Waals surface area contributed by atoms with Gasteiger partial charge in [-0.05, 0) is 60.8 Å². The molecule has 1 unspecified atom stereocenters. The molecule has 9 nitrogen and oxygen atoms in total. The first-order valence-corrected chi connectivity index (χ1v) is 14.5. The topological polar surface area (TPSA) is 136 Å². The third-order valence-corrected chi connectivity index (χ3v) is 11.0. The molecule has 2 fully saturated rings. The Morgan fingerprint density at radius 2 is 1.17 bits per heavy atom. The largest absolute Gasteiger partial charge is 0.381 e. The first-order chi connectivity index (χ1) is 12.9. The summed E-state index contributed by atoms with van der Waals surface area (Å²) in [4.78, 5) is 0. The van der Waals surface area contributed by atoms with Gasteiger partial charge in [-0.2, -0.15) is 0 Å². The van der Waals surface area contributed by atoms with Crippen LogP contribution in [0.2, 0.25) is 0 Å². The second kappa shape index (κ2) is 9.47. The van der Waals surface area contributed by atoms with Crippen molar-refractivity contribution in [2.45, 2.75) is 82.4 Å². The van der Waals surface area contributed by atoms with Gasteiger partial charge < -0.3 is 4.74 Å². The molecule has 0 aromatic carbocycles. The van der Waals surface area contributed by atoms with Crippen molar-refractivity contribution in [3.8, 4) is 0 Å². The van der Waals surface area contributed by atoms with Gasteiger partial charge in [0, 0.05) is 25.3 Å². The Bertz CT molecular complexity index is 846. The molecular weight excluding hydrogens is 440 g/mol. The van der Waals surface area contributed by atoms with Crippen LogP contribution in [0.3, 0.4) is 0 Å². The van der Waals surface area contributed by atoms with E-state index in [2.05, 4.69) is 9.44 Å². The highest BCUT2D eigenvalue weighted by Gasteiger charge is 2.36. The van der Waals surface area contributed by atoms with E-state index in [1.54, 1.807) is 41.5 Å². The maximum absolute atomic E-state index is 11.8. The van der Waals surface area contributed by atoms with Crippen LogP contribution in [-0.2, 0) is 34.6 Å². The first-order valence-electron chi connectivity index (χ1n) is 9.68. The van der Waals surface area contributed by atoms with Crippen molar-refractivity contribution in [3.63, 3.8) is 0 Å². The van der Waals surface area contributed by atoms with E-state index in [-0.39, 0.29) is 17.5 Å². The Morgan fingerprint density at radius 3 is 1.52 bits per heavy atom. The van der Waals surface area contributed by atoms with Gasteiger partial charge in [-0.25, -0.2) is 34.7 Å². The van der Waals surface area contributed by atoms with Gasteiger partial charge in [-0.15, -0.1) is 0 Å². The summed E-state index contributed by atoms with van der Waals surface area (Å²) in [5.41, 5.74) is 0. The van der Waals surface area contributed by atoms with Gasteiger partial charge in [0.15, 0.2) is 9.84 Å². The van der Waals surface area contributed by atoms with Crippen molar-refractivity contribution >= 4 is 29.9 Å². The highest BCUT2D eigenvalue weighted by Crippen LogP contribution is 2.18. The van der Waals surface area contributed by atoms with Gasteiger partial charge in [0.2, 0.25) is 20.0 Å². The minimum atomic E-state index is -3.45. The summed E-state index contributed by atoms with van der Waals surface area (Å²) in [7, 11) is -9.69. The lowest BCUT2D eigenvalue weighted by molar-refractivity contribution is 0.0830. The summed E-state index contributed by atoms with van der Waals surface area (Å²) >= 11 is 0. The second-order valence-corrected chi connectivity index (χ2v) is 16.6. The summed E-state index contributed by atoms with van der Waals surface area (Å²) in [5.74, 6) is -0.00730. The molecule has 2 saturated heterocycles. The molecule has 174 valence electrons. The van der Waals surface area contributed by atoms with Crippen molar-refractivity contribution in [2.24, 2.45) is 0 Å². The number of hydrogen-bond acceptors (Lipinski definition) is 7. The van der Waals surface area contributed by atoms with E-state index in [9.17, 15) is 25.3 Å². The molecule has 12 heteroatoms. The Kier molecular flexibility index (Phi) is 8.74. The van der Waals surface area contributed by atoms with Gasteiger partial charge in [-0.3, -0.25) is 0 Å². The molecule has 0 aromatic heterocycles. The average molecular weight is 477 g/mol. The van der Waals surface area contributed by atoms with E-state index in [4.69, 9.17) is 4.74 Å². The van der Waals surface area contributed by atoms with Crippen LogP contribution >= 0.6 is 0 Å². The molecule has 2 aliphatic heterocycles. The Hall–Kier alpha value is -0.270. The molecule has 1 atom stereocenters. The second-order valence-electron chi connectivity index (χ2n) is 9.45. The van der Waals surface area contributed by atoms with Gasteiger partial charge >= 0.3 is 0 Å². The van der Waals surface area contributed by atoms with Crippen molar-refractivity contribution in [3.05, 3.63) is 0 Å². The molecule has 2 heterocycles. The van der Waals surface area contributed by atoms with Crippen molar-refractivity contribution in [1.82, 2.24) is 9.44 Å². The van der Waals surface area contributed by atoms with Gasteiger partial charge in [0.1, 0.15) is 0 Å². The lowest BCUT2D eigenvalue weighted by Crippen LogP contribution is -2.46. The quantitative estimate of drug-likeness (QED) is 0.612. The summed E-state index contributed by atoms with van der Waals surface area (Å²) in [6, 6.07) is -0.410. The zero-order valence-corrected chi connectivity index (χ0v) is 20.6. The number of nitrogens with one attached hydrogen (secondary N) is 2. The fourth-order valence-electron chi connectivity index (χ4n) is 2.50. The predicted octanol–water partition coefficient (Wildman–Crippen LogP) is 0.775. The first kappa shape index (κ1) is 26.8. The number of hydrogen-bond donors (Lipinski definition) is 2. The van der Waals surface area contributed by atoms with Crippen LogP contribution in [0.5, 0.6) is 0 Å². The molecule has 0 saturated carbocycles. The zero-order valence-electron chi connectivity index (χ0n) is 18.2. The number of rotatable bonds is 4. The van der Waals surface area contributed by atoms with Crippen LogP contribution in [0.4, 0.5) is 0 Å². The molecule has 0 amide bonds. The van der Waals surface area contributed by atoms with Crippen molar-refractivity contribution < 1.29 is 30.0 Å². The van der Waals surface area contributed by atoms with E-state index < -0.39 is 45.4 Å². The highest BCUT2D eigenvalue weighted by atomic mass is 32.2. The zero-order chi connectivity index (χ0) is 22.7. The lowest BCUT2D eigenvalue weighted by atomic mass is 10.1. The smallest absolute Gasteiger partial charge is 0.216 e. The van der Waals surface area contributed by atoms with Gasteiger partial charge in [0.25, 0.3) is 0 Å². The van der Waals surface area contributed by atoms with E-state index >= 15 is 0 Å². The molecule has 0 radical (unpaired) electrons. The van der Waals surface area contributed by atoms with E-state index in [1.807, 2.05) is 0 Å². The van der Waals surface area contributed by atoms with Gasteiger partial charge in [0.05, 0.1) is 21.0 Å². The van der Waals surface area contributed by atoms with Crippen LogP contribution < -0.4 is 9.44 Å². The Balaban J connectivity index is 0.000000291. The summed E-state index contributed by atoms with van der Waals surface area (Å²) in [6.45, 7) is 11.2. The monoisotopic (exact) mass is 476 g/mol. The fraction of sp³-hybridized carbons (Fsp3) is 1.00. The Labute approximate surface area is 176 Å². The lowest BCUT2D eigenvalue weighted by Gasteiger charge is -2.27. The minimum absolute atomic E-state index is 0.0491. The number of ether oxygens (including phenoxy) is 1. The SMILES string of the molecule is CC(C)(C)S(=O)(=O)NC1CCOCC1.CC(C)(C)S(=O)(=O)NC1CCS(=O)(=O)C1. The Morgan fingerprint density at radius 1 is 0.759 bits per heavy atom. The van der Waals surface area contributed by atoms with Crippen molar-refractivity contribution in [2.75, 3.05) is 24.7 Å². The molecule has 2 rings (SSSR count). The van der Waals surface area contributed by atoms with Crippen molar-refractivity contribution in [1.29, 1.82) is 0 Å². The fourth-order valence-corrected chi connectivity index (χ4v) is 6.30. The molecule has 2 aliphatic rings. The minimum Gasteiger partial charge on any atom is -0.381 e. The number of sulfone groups is 1. The third kappa shape index (κ3) is 8.41. The van der Waals surface area contributed by atoms with Crippen LogP contribution in [0, 0.1) is 0 Å². The molecule has 0 aliphatic carbocycles. The van der Waals surface area contributed by atoms with E-state index in [0.717, 1.165) is 12.8 Å². The molecule has 0 aromatic rings.